The van der Waals surface area contributed by atoms with Crippen LogP contribution in [-0.2, 0) is 4.74 Å². The van der Waals surface area contributed by atoms with Crippen molar-refractivity contribution in [1.82, 2.24) is 14.3 Å². The van der Waals surface area contributed by atoms with Crippen LogP contribution in [0.2, 0.25) is 0 Å². The van der Waals surface area contributed by atoms with E-state index in [4.69, 9.17) is 4.74 Å². The monoisotopic (exact) mass is 359 g/mol. The number of nitrogens with zero attached hydrogens (tertiary/aromatic N) is 5. The minimum absolute atomic E-state index is 0.176. The number of pyridine rings is 1. The van der Waals surface area contributed by atoms with Crippen LogP contribution in [0.4, 0.5) is 11.5 Å². The zero-order valence-electron chi connectivity index (χ0n) is 14.4. The Balaban J connectivity index is 1.58. The van der Waals surface area contributed by atoms with Gasteiger partial charge in [-0.25, -0.2) is 4.98 Å². The molecule has 2 aromatic rings. The molecule has 2 aliphatic heterocycles. The number of nitro groups is 1. The number of anilines is 1. The van der Waals surface area contributed by atoms with Crippen LogP contribution in [0.1, 0.15) is 6.42 Å². The molecule has 26 heavy (non-hydrogen) atoms. The molecule has 2 aliphatic rings. The fourth-order valence-corrected chi connectivity index (χ4v) is 3.68. The first-order valence-electron chi connectivity index (χ1n) is 8.84. The van der Waals surface area contributed by atoms with Crippen molar-refractivity contribution in [3.8, 4) is 0 Å². The van der Waals surface area contributed by atoms with Crippen LogP contribution in [0, 0.1) is 16.0 Å². The molecule has 2 saturated heterocycles. The van der Waals surface area contributed by atoms with Crippen molar-refractivity contribution in [2.75, 3.05) is 50.8 Å². The van der Waals surface area contributed by atoms with E-state index in [1.165, 1.54) is 10.6 Å². The maximum absolute atomic E-state index is 12.6. The van der Waals surface area contributed by atoms with Gasteiger partial charge in [0, 0.05) is 45.5 Å². The van der Waals surface area contributed by atoms with E-state index in [2.05, 4.69) is 9.88 Å². The zero-order valence-corrected chi connectivity index (χ0v) is 14.4. The fraction of sp³-hybridized carbons (Fsp3) is 0.529. The Hall–Kier alpha value is -2.52. The van der Waals surface area contributed by atoms with Gasteiger partial charge in [-0.15, -0.1) is 0 Å². The number of aromatic nitrogens is 2. The first-order chi connectivity index (χ1) is 12.6. The van der Waals surface area contributed by atoms with Crippen LogP contribution in [0.5, 0.6) is 0 Å². The Morgan fingerprint density at radius 3 is 2.77 bits per heavy atom. The molecule has 138 valence electrons. The number of rotatable bonds is 4. The SMILES string of the molecule is O=c1c([N+](=O)[O-])c(N2CCN(CC3CCOC3)CC2)nc2ccccn12. The minimum atomic E-state index is -0.638. The lowest BCUT2D eigenvalue weighted by molar-refractivity contribution is -0.385. The first kappa shape index (κ1) is 16.9. The average Bonchev–Trinajstić information content (AvgIpc) is 3.15. The van der Waals surface area contributed by atoms with Gasteiger partial charge in [-0.2, -0.15) is 0 Å². The van der Waals surface area contributed by atoms with Crippen molar-refractivity contribution in [2.45, 2.75) is 6.42 Å². The third kappa shape index (κ3) is 3.15. The second kappa shape index (κ2) is 7.00. The van der Waals surface area contributed by atoms with Gasteiger partial charge in [0.05, 0.1) is 11.5 Å². The molecule has 0 aliphatic carbocycles. The normalized spacial score (nSPS) is 21.4. The highest BCUT2D eigenvalue weighted by molar-refractivity contribution is 5.61. The third-order valence-electron chi connectivity index (χ3n) is 5.09. The third-order valence-corrected chi connectivity index (χ3v) is 5.09. The number of hydrogen-bond donors (Lipinski definition) is 0. The largest absolute Gasteiger partial charge is 0.381 e. The van der Waals surface area contributed by atoms with Crippen LogP contribution in [-0.4, -0.2) is 65.1 Å². The van der Waals surface area contributed by atoms with Crippen LogP contribution < -0.4 is 10.5 Å². The molecule has 0 amide bonds. The van der Waals surface area contributed by atoms with E-state index >= 15 is 0 Å². The number of hydrogen-bond acceptors (Lipinski definition) is 7. The van der Waals surface area contributed by atoms with Crippen molar-refractivity contribution in [3.63, 3.8) is 0 Å². The summed E-state index contributed by atoms with van der Waals surface area (Å²) in [5, 5.41) is 11.5. The molecule has 0 N–H and O–H groups in total. The summed E-state index contributed by atoms with van der Waals surface area (Å²) in [4.78, 5) is 32.1. The Kier molecular flexibility index (Phi) is 4.56. The molecular weight excluding hydrogens is 338 g/mol. The highest BCUT2D eigenvalue weighted by atomic mass is 16.6. The molecule has 0 spiro atoms. The average molecular weight is 359 g/mol. The molecule has 0 bridgehead atoms. The Morgan fingerprint density at radius 1 is 1.27 bits per heavy atom. The molecule has 1 atom stereocenters. The second-order valence-corrected chi connectivity index (χ2v) is 6.79. The van der Waals surface area contributed by atoms with Gasteiger partial charge >= 0.3 is 11.2 Å². The van der Waals surface area contributed by atoms with Crippen LogP contribution >= 0.6 is 0 Å². The summed E-state index contributed by atoms with van der Waals surface area (Å²) >= 11 is 0. The lowest BCUT2D eigenvalue weighted by Crippen LogP contribution is -2.48. The van der Waals surface area contributed by atoms with Crippen molar-refractivity contribution >= 4 is 17.2 Å². The van der Waals surface area contributed by atoms with E-state index in [-0.39, 0.29) is 5.82 Å². The molecule has 0 aromatic carbocycles. The molecule has 9 heteroatoms. The van der Waals surface area contributed by atoms with Crippen LogP contribution in [0.15, 0.2) is 29.2 Å². The van der Waals surface area contributed by atoms with Crippen LogP contribution in [0.25, 0.3) is 5.65 Å². The standard InChI is InChI=1S/C17H21N5O4/c23-17-15(22(24)25)16(18-14-3-1-2-5-21(14)17)20-8-6-19(7-9-20)11-13-4-10-26-12-13/h1-3,5,13H,4,6-12H2. The molecular formula is C17H21N5O4. The molecule has 0 saturated carbocycles. The molecule has 1 unspecified atom stereocenters. The van der Waals surface area contributed by atoms with Gasteiger partial charge in [0.25, 0.3) is 0 Å². The topological polar surface area (TPSA) is 93.2 Å². The molecule has 0 radical (unpaired) electrons. The van der Waals surface area contributed by atoms with Gasteiger partial charge < -0.3 is 9.64 Å². The predicted molar refractivity (Wildman–Crippen MR) is 95.7 cm³/mol. The van der Waals surface area contributed by atoms with Crippen molar-refractivity contribution in [2.24, 2.45) is 5.92 Å². The Morgan fingerprint density at radius 2 is 2.08 bits per heavy atom. The minimum Gasteiger partial charge on any atom is -0.381 e. The van der Waals surface area contributed by atoms with Gasteiger partial charge in [-0.05, 0) is 24.5 Å². The number of piperazine rings is 1. The van der Waals surface area contributed by atoms with E-state index in [9.17, 15) is 14.9 Å². The zero-order chi connectivity index (χ0) is 18.1. The lowest BCUT2D eigenvalue weighted by Gasteiger charge is -2.36. The van der Waals surface area contributed by atoms with E-state index in [1.54, 1.807) is 18.2 Å². The van der Waals surface area contributed by atoms with Crippen LogP contribution in [0.3, 0.4) is 0 Å². The highest BCUT2D eigenvalue weighted by Gasteiger charge is 2.30. The summed E-state index contributed by atoms with van der Waals surface area (Å²) in [5.74, 6) is 0.745. The molecule has 4 rings (SSSR count). The Bertz CT molecular complexity index is 869. The Labute approximate surface area is 150 Å². The van der Waals surface area contributed by atoms with Gasteiger partial charge in [-0.1, -0.05) is 6.07 Å². The summed E-state index contributed by atoms with van der Waals surface area (Å²) in [7, 11) is 0. The highest BCUT2D eigenvalue weighted by Crippen LogP contribution is 2.24. The predicted octanol–water partition coefficient (Wildman–Crippen LogP) is 0.761. The molecule has 2 aromatic heterocycles. The van der Waals surface area contributed by atoms with Gasteiger partial charge in [0.2, 0.25) is 5.82 Å². The second-order valence-electron chi connectivity index (χ2n) is 6.79. The smallest absolute Gasteiger partial charge is 0.376 e. The van der Waals surface area contributed by atoms with Crippen molar-refractivity contribution < 1.29 is 9.66 Å². The molecule has 4 heterocycles. The fourth-order valence-electron chi connectivity index (χ4n) is 3.68. The van der Waals surface area contributed by atoms with Gasteiger partial charge in [-0.3, -0.25) is 24.2 Å². The molecule has 2 fully saturated rings. The summed E-state index contributed by atoms with van der Waals surface area (Å²) in [6.45, 7) is 5.46. The summed E-state index contributed by atoms with van der Waals surface area (Å²) < 4.78 is 6.65. The van der Waals surface area contributed by atoms with Crippen molar-refractivity contribution in [1.29, 1.82) is 0 Å². The maximum atomic E-state index is 12.6. The maximum Gasteiger partial charge on any atom is 0.376 e. The van der Waals surface area contributed by atoms with Gasteiger partial charge in [0.1, 0.15) is 5.65 Å². The quantitative estimate of drug-likeness (QED) is 0.588. The molecule has 9 nitrogen and oxygen atoms in total. The summed E-state index contributed by atoms with van der Waals surface area (Å²) in [6.07, 6.45) is 2.59. The van der Waals surface area contributed by atoms with E-state index in [1.807, 2.05) is 4.90 Å². The summed E-state index contributed by atoms with van der Waals surface area (Å²) in [5.41, 5.74) is -0.670. The van der Waals surface area contributed by atoms with E-state index in [0.717, 1.165) is 39.3 Å². The van der Waals surface area contributed by atoms with Crippen molar-refractivity contribution in [3.05, 3.63) is 44.9 Å². The number of ether oxygens (including phenoxy) is 1. The summed E-state index contributed by atoms with van der Waals surface area (Å²) in [6, 6.07) is 5.11. The lowest BCUT2D eigenvalue weighted by atomic mass is 10.1. The van der Waals surface area contributed by atoms with E-state index in [0.29, 0.717) is 24.7 Å². The number of fused-ring (bicyclic) bond motifs is 1. The first-order valence-corrected chi connectivity index (χ1v) is 8.84. The van der Waals surface area contributed by atoms with Gasteiger partial charge in [0.15, 0.2) is 0 Å². The van der Waals surface area contributed by atoms with E-state index < -0.39 is 16.2 Å².